The first-order chi connectivity index (χ1) is 29.8. The molecular formula is C51H99N5O4S. The Kier molecular flexibility index (Phi) is 39.3. The molecule has 9 nitrogen and oxygen atoms in total. The Balaban J connectivity index is 2.40. The average Bonchev–Trinajstić information content (AvgIpc) is 3.73. The van der Waals surface area contributed by atoms with Crippen LogP contribution in [0.1, 0.15) is 252 Å². The highest BCUT2D eigenvalue weighted by Gasteiger charge is 2.16. The van der Waals surface area contributed by atoms with Gasteiger partial charge in [0.05, 0.1) is 11.7 Å². The molecule has 1 rings (SSSR count). The van der Waals surface area contributed by atoms with E-state index in [1.807, 2.05) is 19.0 Å². The van der Waals surface area contributed by atoms with Crippen LogP contribution in [0.15, 0.2) is 0 Å². The van der Waals surface area contributed by atoms with Crippen LogP contribution in [0.5, 0.6) is 0 Å². The number of carbonyl (C=O) groups is 2. The zero-order chi connectivity index (χ0) is 44.4. The van der Waals surface area contributed by atoms with E-state index >= 15 is 0 Å². The standard InChI is InChI=1S/C51H99N5O4S/c1-7-11-14-17-22-29-37-46(10-4)59-48(57)40-32-25-20-27-34-43-56(45-36-42-52-50-51(55(5)6)54-61-53-50)44-35-28-21-26-33-41-49(58)60-47(38-30-23-18-15-12-8-2)39-31-24-19-16-13-9-3/h46-47H,7-45H2,1-6H3,(H,52,53). The topological polar surface area (TPSA) is 96.9 Å². The first kappa shape index (κ1) is 57.1. The Hall–Kier alpha value is -1.94. The largest absolute Gasteiger partial charge is 0.462 e. The molecule has 0 spiro atoms. The molecule has 1 N–H and O–H groups in total. The van der Waals surface area contributed by atoms with E-state index in [0.29, 0.717) is 12.8 Å². The number of hydrogen-bond donors (Lipinski definition) is 1. The molecule has 358 valence electrons. The molecule has 0 radical (unpaired) electrons. The van der Waals surface area contributed by atoms with Gasteiger partial charge in [0, 0.05) is 33.5 Å². The number of aromatic nitrogens is 2. The van der Waals surface area contributed by atoms with E-state index in [4.69, 9.17) is 9.47 Å². The monoisotopic (exact) mass is 878 g/mol. The van der Waals surface area contributed by atoms with Gasteiger partial charge in [-0.2, -0.15) is 8.75 Å². The minimum Gasteiger partial charge on any atom is -0.462 e. The summed E-state index contributed by atoms with van der Waals surface area (Å²) in [6, 6.07) is 0. The highest BCUT2D eigenvalue weighted by molar-refractivity contribution is 6.99. The Labute approximate surface area is 381 Å². The number of unbranched alkanes of at least 4 members (excludes halogenated alkanes) is 23. The maximum absolute atomic E-state index is 12.9. The molecule has 1 atom stereocenters. The smallest absolute Gasteiger partial charge is 0.306 e. The third-order valence-corrected chi connectivity index (χ3v) is 12.8. The number of esters is 2. The van der Waals surface area contributed by atoms with Crippen LogP contribution >= 0.6 is 11.7 Å². The van der Waals surface area contributed by atoms with Crippen molar-refractivity contribution in [2.75, 3.05) is 50.5 Å². The highest BCUT2D eigenvalue weighted by Crippen LogP contribution is 2.22. The number of nitrogens with zero attached hydrogens (tertiary/aromatic N) is 4. The summed E-state index contributed by atoms with van der Waals surface area (Å²) in [5.41, 5.74) is 0. The first-order valence-electron chi connectivity index (χ1n) is 26.2. The fourth-order valence-electron chi connectivity index (χ4n) is 8.26. The van der Waals surface area contributed by atoms with Crippen LogP contribution in [-0.4, -0.2) is 78.1 Å². The second-order valence-electron chi connectivity index (χ2n) is 18.3. The van der Waals surface area contributed by atoms with Crippen LogP contribution in [0.3, 0.4) is 0 Å². The molecule has 0 saturated carbocycles. The maximum atomic E-state index is 12.9. The number of hydrogen-bond acceptors (Lipinski definition) is 10. The summed E-state index contributed by atoms with van der Waals surface area (Å²) in [6.45, 7) is 13.1. The third-order valence-electron chi connectivity index (χ3n) is 12.2. The first-order valence-corrected chi connectivity index (χ1v) is 26.9. The predicted octanol–water partition coefficient (Wildman–Crippen LogP) is 14.9. The van der Waals surface area contributed by atoms with E-state index in [0.717, 1.165) is 95.6 Å². The summed E-state index contributed by atoms with van der Waals surface area (Å²) >= 11 is 1.26. The third kappa shape index (κ3) is 34.2. The van der Waals surface area contributed by atoms with Gasteiger partial charge in [-0.15, -0.1) is 0 Å². The molecule has 0 bridgehead atoms. The SMILES string of the molecule is CCCCCCCCC(CC)OC(=O)CCCCCCCN(CCCCCCCC(=O)OC(CCCCCCCC)CCCCCCCC)CCCNc1nsnc1N(C)C. The molecule has 0 aliphatic rings. The Morgan fingerprint density at radius 1 is 0.508 bits per heavy atom. The van der Waals surface area contributed by atoms with Gasteiger partial charge in [0.1, 0.15) is 12.2 Å². The quantitative estimate of drug-likeness (QED) is 0.0507. The molecule has 0 amide bonds. The van der Waals surface area contributed by atoms with Crippen LogP contribution in [0.25, 0.3) is 0 Å². The number of nitrogens with one attached hydrogen (secondary N) is 1. The molecule has 1 unspecified atom stereocenters. The van der Waals surface area contributed by atoms with Gasteiger partial charge in [0.2, 0.25) is 0 Å². The van der Waals surface area contributed by atoms with Gasteiger partial charge in [-0.25, -0.2) is 0 Å². The number of rotatable bonds is 46. The summed E-state index contributed by atoms with van der Waals surface area (Å²) in [5, 5.41) is 3.51. The molecular weight excluding hydrogens is 779 g/mol. The lowest BCUT2D eigenvalue weighted by molar-refractivity contribution is -0.150. The van der Waals surface area contributed by atoms with Crippen molar-refractivity contribution in [3.05, 3.63) is 0 Å². The molecule has 0 aliphatic heterocycles. The zero-order valence-corrected chi connectivity index (χ0v) is 41.9. The van der Waals surface area contributed by atoms with Gasteiger partial charge in [0.15, 0.2) is 11.6 Å². The zero-order valence-electron chi connectivity index (χ0n) is 41.1. The van der Waals surface area contributed by atoms with Gasteiger partial charge in [-0.3, -0.25) is 9.59 Å². The average molecular weight is 878 g/mol. The van der Waals surface area contributed by atoms with E-state index in [9.17, 15) is 9.59 Å². The molecule has 61 heavy (non-hydrogen) atoms. The summed E-state index contributed by atoms with van der Waals surface area (Å²) in [4.78, 5) is 30.1. The maximum Gasteiger partial charge on any atom is 0.306 e. The van der Waals surface area contributed by atoms with Gasteiger partial charge >= 0.3 is 11.9 Å². The van der Waals surface area contributed by atoms with Crippen molar-refractivity contribution in [2.45, 2.75) is 265 Å². The van der Waals surface area contributed by atoms with Crippen molar-refractivity contribution in [1.29, 1.82) is 0 Å². The van der Waals surface area contributed by atoms with Crippen LogP contribution in [0, 0.1) is 0 Å². The molecule has 0 saturated heterocycles. The number of ether oxygens (including phenoxy) is 2. The Morgan fingerprint density at radius 3 is 1.36 bits per heavy atom. The van der Waals surface area contributed by atoms with Crippen LogP contribution < -0.4 is 10.2 Å². The molecule has 0 aromatic carbocycles. The van der Waals surface area contributed by atoms with Gasteiger partial charge in [-0.05, 0) is 96.7 Å². The molecule has 10 heteroatoms. The summed E-state index contributed by atoms with van der Waals surface area (Å²) in [6.07, 6.45) is 40.6. The fraction of sp³-hybridized carbons (Fsp3) is 0.922. The van der Waals surface area contributed by atoms with Crippen molar-refractivity contribution in [3.63, 3.8) is 0 Å². The summed E-state index contributed by atoms with van der Waals surface area (Å²) in [7, 11) is 4.01. The molecule has 1 heterocycles. The summed E-state index contributed by atoms with van der Waals surface area (Å²) in [5.74, 6) is 1.80. The lowest BCUT2D eigenvalue weighted by Crippen LogP contribution is -2.28. The molecule has 0 aliphatic carbocycles. The minimum atomic E-state index is -0.00469. The van der Waals surface area contributed by atoms with E-state index in [1.165, 1.54) is 166 Å². The van der Waals surface area contributed by atoms with Crippen molar-refractivity contribution < 1.29 is 19.1 Å². The van der Waals surface area contributed by atoms with Crippen molar-refractivity contribution in [1.82, 2.24) is 13.6 Å². The van der Waals surface area contributed by atoms with Gasteiger partial charge < -0.3 is 24.6 Å². The molecule has 1 aromatic rings. The van der Waals surface area contributed by atoms with Crippen molar-refractivity contribution >= 4 is 35.3 Å². The van der Waals surface area contributed by atoms with Crippen LogP contribution in [-0.2, 0) is 19.1 Å². The fourth-order valence-corrected chi connectivity index (χ4v) is 8.85. The second-order valence-corrected chi connectivity index (χ2v) is 18.8. The highest BCUT2D eigenvalue weighted by atomic mass is 32.1. The molecule has 0 fully saturated rings. The lowest BCUT2D eigenvalue weighted by atomic mass is 10.0. The number of anilines is 2. The van der Waals surface area contributed by atoms with E-state index in [2.05, 4.69) is 46.7 Å². The van der Waals surface area contributed by atoms with E-state index in [1.54, 1.807) is 0 Å². The lowest BCUT2D eigenvalue weighted by Gasteiger charge is -2.22. The minimum absolute atomic E-state index is 0.00469. The van der Waals surface area contributed by atoms with E-state index in [-0.39, 0.29) is 24.1 Å². The number of carbonyl (C=O) groups excluding carboxylic acids is 2. The van der Waals surface area contributed by atoms with Gasteiger partial charge in [0.25, 0.3) is 0 Å². The van der Waals surface area contributed by atoms with Crippen LogP contribution in [0.4, 0.5) is 11.6 Å². The van der Waals surface area contributed by atoms with Crippen molar-refractivity contribution in [3.8, 4) is 0 Å². The Morgan fingerprint density at radius 2 is 0.902 bits per heavy atom. The van der Waals surface area contributed by atoms with Crippen molar-refractivity contribution in [2.24, 2.45) is 0 Å². The Bertz CT molecular complexity index is 1100. The normalized spacial score (nSPS) is 12.1. The van der Waals surface area contributed by atoms with E-state index < -0.39 is 0 Å². The molecule has 1 aromatic heterocycles. The van der Waals surface area contributed by atoms with Crippen LogP contribution in [0.2, 0.25) is 0 Å². The summed E-state index contributed by atoms with van der Waals surface area (Å²) < 4.78 is 20.8. The second kappa shape index (κ2) is 42.0. The van der Waals surface area contributed by atoms with Gasteiger partial charge in [-0.1, -0.05) is 163 Å². The predicted molar refractivity (Wildman–Crippen MR) is 263 cm³/mol.